The largest absolute Gasteiger partial charge is 0.493 e. The second-order valence-corrected chi connectivity index (χ2v) is 4.42. The molecule has 1 aliphatic rings. The molecular formula is C13H17F2NO2. The predicted octanol–water partition coefficient (Wildman–Crippen LogP) is 3.51. The third-order valence-electron chi connectivity index (χ3n) is 3.20. The highest BCUT2D eigenvalue weighted by atomic mass is 19.3. The van der Waals surface area contributed by atoms with Gasteiger partial charge in [-0.05, 0) is 30.9 Å². The number of hydrogen-bond donors (Lipinski definition) is 1. The Morgan fingerprint density at radius 3 is 2.67 bits per heavy atom. The molecule has 18 heavy (non-hydrogen) atoms. The molecule has 0 amide bonds. The van der Waals surface area contributed by atoms with Crippen molar-refractivity contribution in [3.63, 3.8) is 0 Å². The van der Waals surface area contributed by atoms with Gasteiger partial charge < -0.3 is 14.8 Å². The number of hydrogen-bond acceptors (Lipinski definition) is 3. The third kappa shape index (κ3) is 3.24. The van der Waals surface area contributed by atoms with E-state index in [0.717, 1.165) is 12.2 Å². The summed E-state index contributed by atoms with van der Waals surface area (Å²) in [6, 6.07) is 4.97. The van der Waals surface area contributed by atoms with Crippen LogP contribution in [-0.4, -0.2) is 20.3 Å². The lowest BCUT2D eigenvalue weighted by molar-refractivity contribution is -0.0511. The van der Waals surface area contributed by atoms with Crippen molar-refractivity contribution in [1.29, 1.82) is 0 Å². The maximum atomic E-state index is 12.2. The van der Waals surface area contributed by atoms with Crippen molar-refractivity contribution < 1.29 is 18.3 Å². The molecule has 0 heterocycles. The Kier molecular flexibility index (Phi) is 4.23. The van der Waals surface area contributed by atoms with E-state index in [1.54, 1.807) is 18.2 Å². The Balaban J connectivity index is 2.01. The van der Waals surface area contributed by atoms with E-state index in [1.165, 1.54) is 26.4 Å². The van der Waals surface area contributed by atoms with Crippen LogP contribution in [0.3, 0.4) is 0 Å². The van der Waals surface area contributed by atoms with Gasteiger partial charge >= 0.3 is 6.61 Å². The molecule has 100 valence electrons. The first-order valence-electron chi connectivity index (χ1n) is 6.05. The molecule has 0 spiro atoms. The minimum Gasteiger partial charge on any atom is -0.493 e. The molecule has 5 heteroatoms. The number of nitrogens with one attached hydrogen (secondary N) is 1. The highest BCUT2D eigenvalue weighted by molar-refractivity contribution is 5.54. The van der Waals surface area contributed by atoms with Crippen LogP contribution in [0, 0.1) is 5.92 Å². The van der Waals surface area contributed by atoms with Gasteiger partial charge in [0.2, 0.25) is 0 Å². The third-order valence-corrected chi connectivity index (χ3v) is 3.20. The molecule has 3 nitrogen and oxygen atoms in total. The Morgan fingerprint density at radius 2 is 2.11 bits per heavy atom. The van der Waals surface area contributed by atoms with Gasteiger partial charge in [-0.15, -0.1) is 0 Å². The summed E-state index contributed by atoms with van der Waals surface area (Å²) in [5.74, 6) is 1.07. The fraction of sp³-hybridized carbons (Fsp3) is 0.538. The molecular weight excluding hydrogens is 240 g/mol. The highest BCUT2D eigenvalue weighted by Gasteiger charge is 2.17. The monoisotopic (exact) mass is 257 g/mol. The first-order chi connectivity index (χ1) is 8.69. The van der Waals surface area contributed by atoms with Gasteiger partial charge in [-0.25, -0.2) is 0 Å². The van der Waals surface area contributed by atoms with E-state index in [-0.39, 0.29) is 5.75 Å². The molecule has 0 aliphatic heterocycles. The van der Waals surface area contributed by atoms with E-state index < -0.39 is 6.61 Å². The number of halogens is 2. The molecule has 0 aromatic heterocycles. The van der Waals surface area contributed by atoms with Crippen molar-refractivity contribution >= 4 is 5.69 Å². The summed E-state index contributed by atoms with van der Waals surface area (Å²) in [5.41, 5.74) is 0.776. The van der Waals surface area contributed by atoms with Crippen molar-refractivity contribution in [3.8, 4) is 11.5 Å². The Hall–Kier alpha value is -1.52. The van der Waals surface area contributed by atoms with Crippen molar-refractivity contribution in [3.05, 3.63) is 18.2 Å². The zero-order valence-electron chi connectivity index (χ0n) is 10.3. The van der Waals surface area contributed by atoms with Crippen LogP contribution < -0.4 is 14.8 Å². The predicted molar refractivity (Wildman–Crippen MR) is 65.5 cm³/mol. The topological polar surface area (TPSA) is 30.5 Å². The number of anilines is 1. The fourth-order valence-electron chi connectivity index (χ4n) is 1.93. The van der Waals surface area contributed by atoms with E-state index in [4.69, 9.17) is 4.74 Å². The zero-order valence-corrected chi connectivity index (χ0v) is 10.3. The van der Waals surface area contributed by atoms with Crippen LogP contribution in [0.25, 0.3) is 0 Å². The minimum atomic E-state index is -2.85. The summed E-state index contributed by atoms with van der Waals surface area (Å²) in [7, 11) is 1.43. The summed E-state index contributed by atoms with van der Waals surface area (Å²) in [4.78, 5) is 0. The molecule has 0 radical (unpaired) electrons. The smallest absolute Gasteiger partial charge is 0.387 e. The normalized spacial score (nSPS) is 15.3. The van der Waals surface area contributed by atoms with Crippen molar-refractivity contribution in [2.24, 2.45) is 5.92 Å². The SMILES string of the molecule is COc1ccc(NCC2CCC2)cc1OC(F)F. The number of rotatable bonds is 6. The highest BCUT2D eigenvalue weighted by Crippen LogP contribution is 2.32. The molecule has 2 rings (SSSR count). The van der Waals surface area contributed by atoms with Gasteiger partial charge in [0.25, 0.3) is 0 Å². The Bertz CT molecular complexity index is 395. The lowest BCUT2D eigenvalue weighted by Crippen LogP contribution is -2.20. The Labute approximate surface area is 105 Å². The molecule has 0 unspecified atom stereocenters. The quantitative estimate of drug-likeness (QED) is 0.846. The van der Waals surface area contributed by atoms with Crippen LogP contribution in [0.1, 0.15) is 19.3 Å². The van der Waals surface area contributed by atoms with Crippen LogP contribution in [0.15, 0.2) is 18.2 Å². The van der Waals surface area contributed by atoms with Gasteiger partial charge in [0.05, 0.1) is 7.11 Å². The molecule has 1 aromatic rings. The number of ether oxygens (including phenoxy) is 2. The number of methoxy groups -OCH3 is 1. The fourth-order valence-corrected chi connectivity index (χ4v) is 1.93. The molecule has 0 saturated heterocycles. The first-order valence-corrected chi connectivity index (χ1v) is 6.05. The van der Waals surface area contributed by atoms with Gasteiger partial charge in [0.1, 0.15) is 0 Å². The van der Waals surface area contributed by atoms with Gasteiger partial charge in [0.15, 0.2) is 11.5 Å². The van der Waals surface area contributed by atoms with Gasteiger partial charge in [0, 0.05) is 18.3 Å². The molecule has 1 aromatic carbocycles. The van der Waals surface area contributed by atoms with Crippen molar-refractivity contribution in [1.82, 2.24) is 0 Å². The molecule has 0 bridgehead atoms. The lowest BCUT2D eigenvalue weighted by atomic mass is 9.85. The van der Waals surface area contributed by atoms with E-state index in [9.17, 15) is 8.78 Å². The van der Waals surface area contributed by atoms with Crippen LogP contribution in [-0.2, 0) is 0 Å². The average Bonchev–Trinajstić information content (AvgIpc) is 2.26. The molecule has 1 aliphatic carbocycles. The Morgan fingerprint density at radius 1 is 1.33 bits per heavy atom. The van der Waals surface area contributed by atoms with Crippen LogP contribution in [0.5, 0.6) is 11.5 Å². The lowest BCUT2D eigenvalue weighted by Gasteiger charge is -2.26. The standard InChI is InChI=1S/C13H17F2NO2/c1-17-11-6-5-10(7-12(11)18-13(14)15)16-8-9-3-2-4-9/h5-7,9,13,16H,2-4,8H2,1H3. The van der Waals surface area contributed by atoms with Crippen molar-refractivity contribution in [2.75, 3.05) is 19.0 Å². The van der Waals surface area contributed by atoms with Crippen molar-refractivity contribution in [2.45, 2.75) is 25.9 Å². The van der Waals surface area contributed by atoms with E-state index >= 15 is 0 Å². The number of benzene rings is 1. The summed E-state index contributed by atoms with van der Waals surface area (Å²) in [6.07, 6.45) is 3.77. The van der Waals surface area contributed by atoms with Gasteiger partial charge in [-0.3, -0.25) is 0 Å². The first kappa shape index (κ1) is 12.9. The maximum Gasteiger partial charge on any atom is 0.387 e. The van der Waals surface area contributed by atoms with E-state index in [1.807, 2.05) is 0 Å². The summed E-state index contributed by atoms with van der Waals surface area (Å²) in [5, 5.41) is 3.23. The average molecular weight is 257 g/mol. The summed E-state index contributed by atoms with van der Waals surface area (Å²) in [6.45, 7) is -1.97. The molecule has 1 fully saturated rings. The van der Waals surface area contributed by atoms with E-state index in [0.29, 0.717) is 11.7 Å². The summed E-state index contributed by atoms with van der Waals surface area (Å²) >= 11 is 0. The van der Waals surface area contributed by atoms with Crippen LogP contribution in [0.4, 0.5) is 14.5 Å². The second-order valence-electron chi connectivity index (χ2n) is 4.42. The molecule has 0 atom stereocenters. The van der Waals surface area contributed by atoms with Crippen LogP contribution in [0.2, 0.25) is 0 Å². The molecule has 1 saturated carbocycles. The molecule has 1 N–H and O–H groups in total. The van der Waals surface area contributed by atoms with Gasteiger partial charge in [-0.2, -0.15) is 8.78 Å². The maximum absolute atomic E-state index is 12.2. The summed E-state index contributed by atoms with van der Waals surface area (Å²) < 4.78 is 33.9. The number of alkyl halides is 2. The van der Waals surface area contributed by atoms with Crippen LogP contribution >= 0.6 is 0 Å². The minimum absolute atomic E-state index is 0.0612. The second kappa shape index (κ2) is 5.89. The zero-order chi connectivity index (χ0) is 13.0. The van der Waals surface area contributed by atoms with Gasteiger partial charge in [-0.1, -0.05) is 6.42 Å². The van der Waals surface area contributed by atoms with E-state index in [2.05, 4.69) is 10.1 Å².